The summed E-state index contributed by atoms with van der Waals surface area (Å²) in [6, 6.07) is 11.5. The van der Waals surface area contributed by atoms with Crippen LogP contribution < -0.4 is 15.0 Å². The van der Waals surface area contributed by atoms with Gasteiger partial charge in [-0.1, -0.05) is 48.9 Å². The van der Waals surface area contributed by atoms with Gasteiger partial charge in [0.25, 0.3) is 0 Å². The van der Waals surface area contributed by atoms with E-state index in [-0.39, 0.29) is 35.8 Å². The number of likely N-dealkylation sites (N-methyl/N-ethyl adjacent to an activating group) is 1. The summed E-state index contributed by atoms with van der Waals surface area (Å²) in [4.78, 5) is 48.1. The molecule has 12 atom stereocenters. The fraction of sp³-hybridized carbons (Fsp3) is 0.558. The highest BCUT2D eigenvalue weighted by Gasteiger charge is 2.76. The maximum Gasteiger partial charge on any atom is 0.344 e. The molecule has 1 saturated carbocycles. The monoisotopic (exact) mass is 752 g/mol. The zero-order valence-corrected chi connectivity index (χ0v) is 32.5. The van der Waals surface area contributed by atoms with Crippen molar-refractivity contribution in [3.05, 3.63) is 76.9 Å². The smallest absolute Gasteiger partial charge is 0.344 e. The van der Waals surface area contributed by atoms with Crippen LogP contribution in [-0.2, 0) is 34.0 Å². The number of para-hydroxylation sites is 1. The molecule has 0 aromatic heterocycles. The Labute approximate surface area is 322 Å². The molecule has 2 saturated heterocycles. The number of carbonyl (C=O) groups excluding carboxylic acids is 3. The van der Waals surface area contributed by atoms with Crippen LogP contribution in [-0.4, -0.2) is 124 Å². The third-order valence-corrected chi connectivity index (χ3v) is 14.3. The van der Waals surface area contributed by atoms with E-state index in [1.807, 2.05) is 36.2 Å². The van der Waals surface area contributed by atoms with Gasteiger partial charge >= 0.3 is 17.9 Å². The predicted molar refractivity (Wildman–Crippen MR) is 205 cm³/mol. The van der Waals surface area contributed by atoms with E-state index in [0.717, 1.165) is 55.1 Å². The fourth-order valence-corrected chi connectivity index (χ4v) is 12.5. The Balaban J connectivity index is 1.29. The van der Waals surface area contributed by atoms with Gasteiger partial charge in [-0.2, -0.15) is 0 Å². The van der Waals surface area contributed by atoms with E-state index in [0.29, 0.717) is 18.7 Å². The second-order valence-corrected chi connectivity index (χ2v) is 16.7. The van der Waals surface area contributed by atoms with Gasteiger partial charge in [0.15, 0.2) is 6.10 Å². The lowest BCUT2D eigenvalue weighted by molar-refractivity contribution is -0.211. The van der Waals surface area contributed by atoms with Crippen molar-refractivity contribution in [2.45, 2.75) is 73.8 Å². The van der Waals surface area contributed by atoms with E-state index < -0.39 is 46.9 Å². The molecule has 292 valence electrons. The van der Waals surface area contributed by atoms with Gasteiger partial charge in [0, 0.05) is 104 Å². The second kappa shape index (κ2) is 13.1. The van der Waals surface area contributed by atoms with Gasteiger partial charge in [-0.05, 0) is 42.6 Å². The molecule has 1 spiro atoms. The number of esters is 3. The normalized spacial score (nSPS) is 37.8. The second-order valence-electron chi connectivity index (χ2n) is 16.7. The highest BCUT2D eigenvalue weighted by molar-refractivity contribution is 5.87. The maximum atomic E-state index is 14.4. The van der Waals surface area contributed by atoms with Crippen LogP contribution in [0.5, 0.6) is 5.75 Å². The van der Waals surface area contributed by atoms with E-state index in [4.69, 9.17) is 18.9 Å². The first-order valence-corrected chi connectivity index (χ1v) is 19.7. The summed E-state index contributed by atoms with van der Waals surface area (Å²) in [7, 11) is 6.30. The number of nitrogens with one attached hydrogen (secondary N) is 1. The lowest BCUT2D eigenvalue weighted by Crippen LogP contribution is -2.78. The van der Waals surface area contributed by atoms with Crippen LogP contribution in [0.25, 0.3) is 0 Å². The molecule has 1 aliphatic carbocycles. The Morgan fingerprint density at radius 3 is 2.58 bits per heavy atom. The number of benzene rings is 2. The highest BCUT2D eigenvalue weighted by Crippen LogP contribution is 2.64. The largest absolute Gasteiger partial charge is 0.496 e. The van der Waals surface area contributed by atoms with E-state index in [9.17, 15) is 19.5 Å². The van der Waals surface area contributed by atoms with E-state index in [2.05, 4.69) is 52.4 Å². The Bertz CT molecular complexity index is 2000. The Morgan fingerprint density at radius 2 is 1.85 bits per heavy atom. The molecule has 12 heteroatoms. The third-order valence-electron chi connectivity index (χ3n) is 14.3. The van der Waals surface area contributed by atoms with Crippen molar-refractivity contribution >= 4 is 29.3 Å². The lowest BCUT2D eigenvalue weighted by atomic mass is 9.54. The van der Waals surface area contributed by atoms with Crippen LogP contribution in [0.1, 0.15) is 55.2 Å². The molecular weight excluding hydrogens is 700 g/mol. The topological polar surface area (TPSA) is 130 Å². The van der Waals surface area contributed by atoms with Crippen LogP contribution in [0, 0.1) is 17.8 Å². The zero-order valence-electron chi connectivity index (χ0n) is 32.5. The van der Waals surface area contributed by atoms with Gasteiger partial charge < -0.3 is 34.3 Å². The average Bonchev–Trinajstić information content (AvgIpc) is 3.83. The van der Waals surface area contributed by atoms with Crippen molar-refractivity contribution in [1.29, 1.82) is 0 Å². The molecule has 2 bridgehead atoms. The summed E-state index contributed by atoms with van der Waals surface area (Å²) in [6.07, 6.45) is 6.73. The van der Waals surface area contributed by atoms with Gasteiger partial charge in [0.05, 0.1) is 33.3 Å². The van der Waals surface area contributed by atoms with E-state index in [1.165, 1.54) is 32.3 Å². The summed E-state index contributed by atoms with van der Waals surface area (Å²) in [5, 5.41) is 16.9. The molecule has 5 unspecified atom stereocenters. The summed E-state index contributed by atoms with van der Waals surface area (Å²) >= 11 is 0. The number of nitrogens with zero attached hydrogens (tertiary/aromatic N) is 3. The molecule has 2 aromatic carbocycles. The van der Waals surface area contributed by atoms with Crippen molar-refractivity contribution < 1.29 is 38.4 Å². The molecule has 12 nitrogen and oxygen atoms in total. The Morgan fingerprint density at radius 1 is 1.05 bits per heavy atom. The maximum absolute atomic E-state index is 14.4. The molecule has 0 radical (unpaired) electrons. The SMILES string of the molecule is CCC1=CC2CN(C1)CC1c3ccccc3NC1[C@@H](c1cc3c(cc1OC)N(C)[C@H]1[C@@](O)(C(=O)OC)[C@H](OC(C)=O)C4C=CCN5CC[C@]31[C@H]45)[C@@H]2C(=O)OC. The van der Waals surface area contributed by atoms with Crippen LogP contribution >= 0.6 is 0 Å². The lowest BCUT2D eigenvalue weighted by Gasteiger charge is -2.58. The van der Waals surface area contributed by atoms with Gasteiger partial charge in [-0.3, -0.25) is 19.4 Å². The number of rotatable bonds is 6. The minimum atomic E-state index is -2.21. The van der Waals surface area contributed by atoms with Crippen LogP contribution in [0.15, 0.2) is 60.2 Å². The zero-order chi connectivity index (χ0) is 38.6. The molecule has 55 heavy (non-hydrogen) atoms. The minimum Gasteiger partial charge on any atom is -0.496 e. The van der Waals surface area contributed by atoms with Crippen molar-refractivity contribution in [2.75, 3.05) is 71.3 Å². The Kier molecular flexibility index (Phi) is 8.63. The first-order chi connectivity index (χ1) is 26.5. The standard InChI is InChI=1S/C43H52N4O8/c1-7-24-17-25-21-46(20-24)22-29-26-11-8-9-13-31(26)44-36(29)35(34(25)39(49)53-5)28-18-30-32(19-33(28)52-4)45(3)40-42(30)14-16-47-15-10-12-27(37(42)47)38(55-23(2)48)43(40,51)41(50)54-6/h8-13,17-19,25,27,29,34-38,40,44,51H,7,14-16,20-22H2,1-6H3/t25?,27?,29?,34-,35+,36?,37+,38-,40-,42-,43-/m1/s1. The third kappa shape index (κ3) is 4.96. The van der Waals surface area contributed by atoms with Crippen molar-refractivity contribution in [2.24, 2.45) is 17.8 Å². The summed E-state index contributed by atoms with van der Waals surface area (Å²) < 4.78 is 23.4. The molecule has 7 aliphatic rings. The van der Waals surface area contributed by atoms with Gasteiger partial charge in [0.1, 0.15) is 5.75 Å². The van der Waals surface area contributed by atoms with E-state index >= 15 is 0 Å². The number of hydrogen-bond acceptors (Lipinski definition) is 12. The van der Waals surface area contributed by atoms with Gasteiger partial charge in [-0.15, -0.1) is 0 Å². The number of hydrogen-bond donors (Lipinski definition) is 2. The number of anilines is 2. The number of fused-ring (bicyclic) bond motifs is 6. The quantitative estimate of drug-likeness (QED) is 0.254. The minimum absolute atomic E-state index is 0.0791. The van der Waals surface area contributed by atoms with Crippen molar-refractivity contribution in [3.63, 3.8) is 0 Å². The first kappa shape index (κ1) is 36.3. The Hall–Kier alpha value is -4.39. The summed E-state index contributed by atoms with van der Waals surface area (Å²) in [5.74, 6) is -2.48. The number of aliphatic hydroxyl groups is 1. The molecule has 6 heterocycles. The molecule has 6 aliphatic heterocycles. The molecular formula is C43H52N4O8. The molecule has 9 rings (SSSR count). The molecule has 2 aromatic rings. The number of ether oxygens (including phenoxy) is 4. The average molecular weight is 753 g/mol. The van der Waals surface area contributed by atoms with Crippen molar-refractivity contribution in [3.8, 4) is 5.75 Å². The van der Waals surface area contributed by atoms with Crippen molar-refractivity contribution in [1.82, 2.24) is 9.80 Å². The highest BCUT2D eigenvalue weighted by atomic mass is 16.6. The summed E-state index contributed by atoms with van der Waals surface area (Å²) in [5.41, 5.74) is 3.35. The van der Waals surface area contributed by atoms with Crippen LogP contribution in [0.2, 0.25) is 0 Å². The van der Waals surface area contributed by atoms with Gasteiger partial charge in [0.2, 0.25) is 5.60 Å². The van der Waals surface area contributed by atoms with Crippen LogP contribution in [0.3, 0.4) is 0 Å². The van der Waals surface area contributed by atoms with Crippen LogP contribution in [0.4, 0.5) is 11.4 Å². The number of methoxy groups -OCH3 is 3. The fourth-order valence-electron chi connectivity index (χ4n) is 12.5. The first-order valence-electron chi connectivity index (χ1n) is 19.7. The number of carbonyl (C=O) groups is 3. The molecule has 3 fully saturated rings. The van der Waals surface area contributed by atoms with E-state index in [1.54, 1.807) is 7.11 Å². The summed E-state index contributed by atoms with van der Waals surface area (Å²) in [6.45, 7) is 7.36. The predicted octanol–water partition coefficient (Wildman–Crippen LogP) is 3.59. The van der Waals surface area contributed by atoms with Gasteiger partial charge in [-0.25, -0.2) is 4.79 Å². The molecule has 0 amide bonds. The molecule has 2 N–H and O–H groups in total.